The average Bonchev–Trinajstić information content (AvgIpc) is 2.57. The second-order valence-corrected chi connectivity index (χ2v) is 14.5. The van der Waals surface area contributed by atoms with Crippen LogP contribution in [0.5, 0.6) is 0 Å². The molecule has 0 aliphatic carbocycles. The third-order valence-electron chi connectivity index (χ3n) is 4.88. The minimum absolute atomic E-state index is 0.0644. The van der Waals surface area contributed by atoms with E-state index in [1.54, 1.807) is 20.8 Å². The fourth-order valence-corrected chi connectivity index (χ4v) is 3.24. The van der Waals surface area contributed by atoms with Crippen molar-refractivity contribution in [2.24, 2.45) is 0 Å². The number of amides is 1. The van der Waals surface area contributed by atoms with Gasteiger partial charge in [0.05, 0.1) is 0 Å². The van der Waals surface area contributed by atoms with Gasteiger partial charge in [-0.3, -0.25) is 0 Å². The minimum atomic E-state index is -1.95. The highest BCUT2D eigenvalue weighted by molar-refractivity contribution is 6.74. The van der Waals surface area contributed by atoms with Crippen molar-refractivity contribution in [1.29, 1.82) is 0 Å². The van der Waals surface area contributed by atoms with Gasteiger partial charge in [-0.2, -0.15) is 0 Å². The van der Waals surface area contributed by atoms with Crippen molar-refractivity contribution in [2.75, 3.05) is 6.61 Å². The lowest BCUT2D eigenvalue weighted by atomic mass is 10.2. The highest BCUT2D eigenvalue weighted by Crippen LogP contribution is 2.36. The Hall–Kier alpha value is -1.86. The Morgan fingerprint density at radius 1 is 1.03 bits per heavy atom. The summed E-state index contributed by atoms with van der Waals surface area (Å²) in [5, 5.41) is 2.70. The molecule has 0 aliphatic rings. The maximum absolute atomic E-state index is 12.6. The molecule has 1 aromatic carbocycles. The third kappa shape index (κ3) is 9.45. The van der Waals surface area contributed by atoms with Crippen molar-refractivity contribution in [1.82, 2.24) is 5.32 Å². The lowest BCUT2D eigenvalue weighted by Gasteiger charge is -2.36. The van der Waals surface area contributed by atoms with Crippen LogP contribution in [0.1, 0.15) is 53.5 Å². The first-order valence-corrected chi connectivity index (χ1v) is 13.0. The van der Waals surface area contributed by atoms with E-state index in [-0.39, 0.29) is 11.6 Å². The summed E-state index contributed by atoms with van der Waals surface area (Å²) in [5.74, 6) is -0.501. The lowest BCUT2D eigenvalue weighted by Crippen LogP contribution is -2.46. The van der Waals surface area contributed by atoms with Crippen LogP contribution in [-0.2, 0) is 25.3 Å². The zero-order chi connectivity index (χ0) is 22.3. The standard InChI is InChI=1S/C22H37NO5Si/c1-21(2,3)28-20(25)23-18(14-15-27-29(7,8)22(4,5)6)19(24)26-16-17-12-10-9-11-13-17/h9-13,18H,14-16H2,1-8H3,(H,23,25)/t18-/m0/s1. The second kappa shape index (κ2) is 10.3. The van der Waals surface area contributed by atoms with Crippen molar-refractivity contribution in [2.45, 2.75) is 84.3 Å². The van der Waals surface area contributed by atoms with Gasteiger partial charge in [-0.1, -0.05) is 51.1 Å². The van der Waals surface area contributed by atoms with Gasteiger partial charge in [0, 0.05) is 13.0 Å². The number of rotatable bonds is 8. The van der Waals surface area contributed by atoms with Gasteiger partial charge in [0.1, 0.15) is 18.2 Å². The first-order chi connectivity index (χ1) is 13.2. The number of nitrogens with one attached hydrogen (secondary N) is 1. The number of hydrogen-bond acceptors (Lipinski definition) is 5. The quantitative estimate of drug-likeness (QED) is 0.469. The van der Waals surface area contributed by atoms with Crippen LogP contribution in [0.15, 0.2) is 30.3 Å². The van der Waals surface area contributed by atoms with Crippen LogP contribution in [0.3, 0.4) is 0 Å². The molecule has 1 amide bonds. The van der Waals surface area contributed by atoms with Crippen LogP contribution >= 0.6 is 0 Å². The van der Waals surface area contributed by atoms with Crippen molar-refractivity contribution >= 4 is 20.4 Å². The van der Waals surface area contributed by atoms with E-state index in [2.05, 4.69) is 39.2 Å². The number of carbonyl (C=O) groups is 2. The van der Waals surface area contributed by atoms with Crippen molar-refractivity contribution < 1.29 is 23.5 Å². The molecule has 164 valence electrons. The predicted molar refractivity (Wildman–Crippen MR) is 117 cm³/mol. The summed E-state index contributed by atoms with van der Waals surface area (Å²) in [6.45, 7) is 16.6. The van der Waals surface area contributed by atoms with E-state index in [4.69, 9.17) is 13.9 Å². The molecule has 0 aliphatic heterocycles. The van der Waals surface area contributed by atoms with Gasteiger partial charge in [0.25, 0.3) is 0 Å². The Labute approximate surface area is 176 Å². The Bertz CT molecular complexity index is 662. The van der Waals surface area contributed by atoms with Gasteiger partial charge in [0.2, 0.25) is 0 Å². The summed E-state index contributed by atoms with van der Waals surface area (Å²) in [6.07, 6.45) is -0.328. The molecule has 1 atom stereocenters. The van der Waals surface area contributed by atoms with Gasteiger partial charge < -0.3 is 19.2 Å². The average molecular weight is 424 g/mol. The monoisotopic (exact) mass is 423 g/mol. The van der Waals surface area contributed by atoms with Gasteiger partial charge >= 0.3 is 12.1 Å². The number of carbonyl (C=O) groups excluding carboxylic acids is 2. The van der Waals surface area contributed by atoms with Gasteiger partial charge in [0.15, 0.2) is 8.32 Å². The summed E-state index contributed by atoms with van der Waals surface area (Å²) in [5.41, 5.74) is 0.231. The molecule has 6 nitrogen and oxygen atoms in total. The van der Waals surface area contributed by atoms with E-state index >= 15 is 0 Å². The van der Waals surface area contributed by atoms with E-state index in [1.165, 1.54) is 0 Å². The Balaban J connectivity index is 2.74. The smallest absolute Gasteiger partial charge is 0.408 e. The zero-order valence-electron chi connectivity index (χ0n) is 19.1. The largest absolute Gasteiger partial charge is 0.459 e. The Morgan fingerprint density at radius 3 is 2.14 bits per heavy atom. The fraction of sp³-hybridized carbons (Fsp3) is 0.636. The molecule has 0 bridgehead atoms. The van der Waals surface area contributed by atoms with Crippen LogP contribution in [0, 0.1) is 0 Å². The highest BCUT2D eigenvalue weighted by atomic mass is 28.4. The molecule has 0 fully saturated rings. The molecule has 7 heteroatoms. The molecular formula is C22H37NO5Si. The van der Waals surface area contributed by atoms with Crippen LogP contribution in [0.4, 0.5) is 4.79 Å². The molecule has 29 heavy (non-hydrogen) atoms. The zero-order valence-corrected chi connectivity index (χ0v) is 20.1. The molecule has 0 saturated heterocycles. The number of alkyl carbamates (subject to hydrolysis) is 1. The second-order valence-electron chi connectivity index (χ2n) is 9.69. The molecule has 0 saturated carbocycles. The molecule has 0 radical (unpaired) electrons. The van der Waals surface area contributed by atoms with Gasteiger partial charge in [-0.25, -0.2) is 9.59 Å². The fourth-order valence-electron chi connectivity index (χ4n) is 2.18. The molecular weight excluding hydrogens is 386 g/mol. The SMILES string of the molecule is CC(C)(C)OC(=O)N[C@@H](CCO[Si](C)(C)C(C)(C)C)C(=O)OCc1ccccc1. The highest BCUT2D eigenvalue weighted by Gasteiger charge is 2.37. The predicted octanol–water partition coefficient (Wildman–Crippen LogP) is 5.04. The molecule has 1 aromatic rings. The van der Waals surface area contributed by atoms with E-state index in [1.807, 2.05) is 30.3 Å². The van der Waals surface area contributed by atoms with Crippen molar-refractivity contribution in [3.05, 3.63) is 35.9 Å². The van der Waals surface area contributed by atoms with Crippen molar-refractivity contribution in [3.8, 4) is 0 Å². The molecule has 0 unspecified atom stereocenters. The third-order valence-corrected chi connectivity index (χ3v) is 9.41. The normalized spacial score (nSPS) is 13.5. The first-order valence-electron chi connectivity index (χ1n) is 10.1. The maximum atomic E-state index is 12.6. The number of esters is 1. The lowest BCUT2D eigenvalue weighted by molar-refractivity contribution is -0.147. The van der Waals surface area contributed by atoms with E-state index < -0.39 is 32.0 Å². The van der Waals surface area contributed by atoms with Crippen LogP contribution in [0.25, 0.3) is 0 Å². The van der Waals surface area contributed by atoms with Crippen LogP contribution in [-0.4, -0.2) is 38.6 Å². The number of hydrogen-bond donors (Lipinski definition) is 1. The minimum Gasteiger partial charge on any atom is -0.459 e. The number of benzene rings is 1. The molecule has 0 spiro atoms. The molecule has 1 N–H and O–H groups in total. The summed E-state index contributed by atoms with van der Waals surface area (Å²) in [6, 6.07) is 8.59. The summed E-state index contributed by atoms with van der Waals surface area (Å²) >= 11 is 0. The summed E-state index contributed by atoms with van der Waals surface area (Å²) < 4.78 is 16.9. The summed E-state index contributed by atoms with van der Waals surface area (Å²) in [4.78, 5) is 24.8. The summed E-state index contributed by atoms with van der Waals surface area (Å²) in [7, 11) is -1.95. The maximum Gasteiger partial charge on any atom is 0.408 e. The molecule has 0 aromatic heterocycles. The van der Waals surface area contributed by atoms with Crippen molar-refractivity contribution in [3.63, 3.8) is 0 Å². The topological polar surface area (TPSA) is 73.9 Å². The number of ether oxygens (including phenoxy) is 2. The van der Waals surface area contributed by atoms with Gasteiger partial charge in [-0.05, 0) is 44.5 Å². The Kier molecular flexibility index (Phi) is 8.90. The van der Waals surface area contributed by atoms with E-state index in [9.17, 15) is 9.59 Å². The van der Waals surface area contributed by atoms with E-state index in [0.717, 1.165) is 5.56 Å². The van der Waals surface area contributed by atoms with Gasteiger partial charge in [-0.15, -0.1) is 0 Å². The van der Waals surface area contributed by atoms with Crippen LogP contribution in [0.2, 0.25) is 18.1 Å². The Morgan fingerprint density at radius 2 is 1.62 bits per heavy atom. The molecule has 0 heterocycles. The first kappa shape index (κ1) is 25.2. The van der Waals surface area contributed by atoms with Crippen LogP contribution < -0.4 is 5.32 Å². The molecule has 1 rings (SSSR count). The van der Waals surface area contributed by atoms with E-state index in [0.29, 0.717) is 13.0 Å².